The van der Waals surface area contributed by atoms with Crippen LogP contribution in [0.5, 0.6) is 23.0 Å². The maximum absolute atomic E-state index is 6.47. The van der Waals surface area contributed by atoms with Gasteiger partial charge in [-0.05, 0) is 83.7 Å². The van der Waals surface area contributed by atoms with E-state index in [0.717, 1.165) is 51.2 Å². The molecule has 0 fully saturated rings. The normalized spacial score (nSPS) is 13.7. The minimum Gasteiger partial charge on any atom is -0.458 e. The Bertz CT molecular complexity index is 2110. The SMILES string of the molecule is c1cc2c3c(c1)Oc1cccc4c1B3c1c(cccc1N4c1ccc(-n3c4ccccc4c4ccccc43)cc1)O2. The second-order valence-corrected chi connectivity index (χ2v) is 10.9. The predicted molar refractivity (Wildman–Crippen MR) is 167 cm³/mol. The van der Waals surface area contributed by atoms with Gasteiger partial charge in [0, 0.05) is 39.0 Å². The summed E-state index contributed by atoms with van der Waals surface area (Å²) in [5.74, 6) is 3.57. The Morgan fingerprint density at radius 3 is 1.44 bits per heavy atom. The highest BCUT2D eigenvalue weighted by Gasteiger charge is 2.47. The molecule has 0 amide bonds. The number of hydrogen-bond donors (Lipinski definition) is 0. The van der Waals surface area contributed by atoms with E-state index in [0.29, 0.717) is 0 Å². The third-order valence-corrected chi connectivity index (χ3v) is 8.85. The molecule has 41 heavy (non-hydrogen) atoms. The molecule has 3 aliphatic rings. The molecule has 0 bridgehead atoms. The predicted octanol–water partition coefficient (Wildman–Crippen LogP) is 7.29. The number of para-hydroxylation sites is 2. The summed E-state index contributed by atoms with van der Waals surface area (Å²) >= 11 is 0. The fraction of sp³-hybridized carbons (Fsp3) is 0. The third-order valence-electron chi connectivity index (χ3n) is 8.85. The van der Waals surface area contributed by atoms with E-state index in [4.69, 9.17) is 9.47 Å². The Morgan fingerprint density at radius 1 is 0.415 bits per heavy atom. The van der Waals surface area contributed by atoms with Crippen LogP contribution in [-0.2, 0) is 0 Å². The molecule has 0 N–H and O–H groups in total. The summed E-state index contributed by atoms with van der Waals surface area (Å²) < 4.78 is 15.3. The number of ether oxygens (including phenoxy) is 2. The van der Waals surface area contributed by atoms with E-state index >= 15 is 0 Å². The average Bonchev–Trinajstić information content (AvgIpc) is 3.36. The van der Waals surface area contributed by atoms with Crippen molar-refractivity contribution in [1.29, 1.82) is 0 Å². The molecule has 0 unspecified atom stereocenters. The van der Waals surface area contributed by atoms with Gasteiger partial charge >= 0.3 is 0 Å². The summed E-state index contributed by atoms with van der Waals surface area (Å²) in [4.78, 5) is 2.36. The first kappa shape index (κ1) is 21.4. The fourth-order valence-corrected chi connectivity index (χ4v) is 7.23. The van der Waals surface area contributed by atoms with Crippen molar-refractivity contribution < 1.29 is 9.47 Å². The van der Waals surface area contributed by atoms with Gasteiger partial charge in [-0.2, -0.15) is 0 Å². The molecule has 0 saturated heterocycles. The third kappa shape index (κ3) is 2.70. The van der Waals surface area contributed by atoms with Gasteiger partial charge in [0.05, 0.1) is 11.0 Å². The number of hydrogen-bond acceptors (Lipinski definition) is 3. The molecular weight excluding hydrogens is 503 g/mol. The van der Waals surface area contributed by atoms with E-state index in [1.807, 2.05) is 18.2 Å². The summed E-state index contributed by atoms with van der Waals surface area (Å²) in [7, 11) is 0. The molecule has 10 rings (SSSR count). The van der Waals surface area contributed by atoms with Crippen molar-refractivity contribution in [3.8, 4) is 28.7 Å². The Hall–Kier alpha value is -5.42. The quantitative estimate of drug-likeness (QED) is 0.222. The summed E-state index contributed by atoms with van der Waals surface area (Å²) in [5.41, 5.74) is 10.4. The van der Waals surface area contributed by atoms with Gasteiger partial charge in [-0.25, -0.2) is 0 Å². The molecule has 7 aromatic rings. The number of rotatable bonds is 2. The van der Waals surface area contributed by atoms with E-state index in [-0.39, 0.29) is 6.71 Å². The van der Waals surface area contributed by atoms with Gasteiger partial charge in [0.15, 0.2) is 0 Å². The highest BCUT2D eigenvalue weighted by atomic mass is 16.5. The van der Waals surface area contributed by atoms with E-state index < -0.39 is 0 Å². The molecule has 4 heterocycles. The standard InChI is InChI=1S/C36H21BN2O2/c1-3-10-26-24(8-1)25-9-2-4-11-27(25)38(26)22-18-20-23(21-19-22)39-28-12-5-14-30-34(28)37-35-29(39)13-6-15-31(35)41-33-17-7-16-32(40-30)36(33)37/h1-21H. The van der Waals surface area contributed by atoms with Crippen LogP contribution in [-0.4, -0.2) is 11.3 Å². The van der Waals surface area contributed by atoms with Crippen LogP contribution in [0, 0.1) is 0 Å². The van der Waals surface area contributed by atoms with Gasteiger partial charge < -0.3 is 18.9 Å². The average molecular weight is 524 g/mol. The first-order chi connectivity index (χ1) is 20.3. The van der Waals surface area contributed by atoms with Gasteiger partial charge in [0.1, 0.15) is 23.0 Å². The monoisotopic (exact) mass is 524 g/mol. The minimum atomic E-state index is 0.0780. The molecule has 6 aromatic carbocycles. The molecule has 4 nitrogen and oxygen atoms in total. The Labute approximate surface area is 236 Å². The van der Waals surface area contributed by atoms with Gasteiger partial charge in [-0.1, -0.05) is 54.6 Å². The second kappa shape index (κ2) is 7.61. The molecule has 0 radical (unpaired) electrons. The Kier molecular flexibility index (Phi) is 3.98. The lowest BCUT2D eigenvalue weighted by Gasteiger charge is -2.42. The molecule has 190 valence electrons. The zero-order chi connectivity index (χ0) is 26.7. The van der Waals surface area contributed by atoms with Crippen LogP contribution in [0.25, 0.3) is 27.5 Å². The maximum Gasteiger partial charge on any atom is 0.266 e. The Balaban J connectivity index is 1.18. The number of anilines is 3. The first-order valence-electron chi connectivity index (χ1n) is 14.0. The van der Waals surface area contributed by atoms with E-state index in [9.17, 15) is 0 Å². The van der Waals surface area contributed by atoms with Crippen LogP contribution in [0.3, 0.4) is 0 Å². The summed E-state index contributed by atoms with van der Waals surface area (Å²) in [5, 5.41) is 2.53. The van der Waals surface area contributed by atoms with Crippen LogP contribution in [0.4, 0.5) is 17.1 Å². The smallest absolute Gasteiger partial charge is 0.266 e. The molecule has 5 heteroatoms. The van der Waals surface area contributed by atoms with Gasteiger partial charge in [0.2, 0.25) is 0 Å². The van der Waals surface area contributed by atoms with Crippen molar-refractivity contribution in [3.63, 3.8) is 0 Å². The second-order valence-electron chi connectivity index (χ2n) is 10.9. The van der Waals surface area contributed by atoms with Gasteiger partial charge in [-0.3, -0.25) is 0 Å². The lowest BCUT2D eigenvalue weighted by atomic mass is 9.33. The zero-order valence-electron chi connectivity index (χ0n) is 21.9. The molecule has 3 aliphatic heterocycles. The topological polar surface area (TPSA) is 26.6 Å². The lowest BCUT2D eigenvalue weighted by Crippen LogP contribution is -2.61. The van der Waals surface area contributed by atoms with E-state index in [2.05, 4.69) is 119 Å². The van der Waals surface area contributed by atoms with Crippen LogP contribution >= 0.6 is 0 Å². The van der Waals surface area contributed by atoms with Crippen LogP contribution in [0.2, 0.25) is 0 Å². The number of benzene rings is 6. The largest absolute Gasteiger partial charge is 0.458 e. The molecule has 1 aromatic heterocycles. The van der Waals surface area contributed by atoms with Crippen molar-refractivity contribution in [2.45, 2.75) is 0 Å². The maximum atomic E-state index is 6.47. The van der Waals surface area contributed by atoms with Crippen molar-refractivity contribution in [2.75, 3.05) is 4.90 Å². The van der Waals surface area contributed by atoms with E-state index in [1.165, 1.54) is 32.7 Å². The van der Waals surface area contributed by atoms with Crippen molar-refractivity contribution in [2.24, 2.45) is 0 Å². The zero-order valence-corrected chi connectivity index (χ0v) is 21.9. The van der Waals surface area contributed by atoms with Crippen molar-refractivity contribution in [1.82, 2.24) is 4.57 Å². The number of aromatic nitrogens is 1. The molecule has 0 atom stereocenters. The van der Waals surface area contributed by atoms with Crippen molar-refractivity contribution >= 4 is 62.0 Å². The summed E-state index contributed by atoms with van der Waals surface area (Å²) in [6.45, 7) is 0.0780. The van der Waals surface area contributed by atoms with E-state index in [1.54, 1.807) is 0 Å². The molecule has 0 aliphatic carbocycles. The molecule has 0 saturated carbocycles. The van der Waals surface area contributed by atoms with Crippen LogP contribution in [0.15, 0.2) is 127 Å². The highest BCUT2D eigenvalue weighted by molar-refractivity contribution is 7.00. The van der Waals surface area contributed by atoms with Gasteiger partial charge in [-0.15, -0.1) is 0 Å². The number of fused-ring (bicyclic) bond motifs is 3. The summed E-state index contributed by atoms with van der Waals surface area (Å²) in [6, 6.07) is 45.0. The summed E-state index contributed by atoms with van der Waals surface area (Å²) in [6.07, 6.45) is 0. The lowest BCUT2D eigenvalue weighted by molar-refractivity contribution is 0.464. The van der Waals surface area contributed by atoms with Crippen LogP contribution in [0.1, 0.15) is 0 Å². The van der Waals surface area contributed by atoms with Crippen LogP contribution < -0.4 is 30.8 Å². The van der Waals surface area contributed by atoms with Crippen molar-refractivity contribution in [3.05, 3.63) is 127 Å². The molecule has 0 spiro atoms. The Morgan fingerprint density at radius 2 is 0.878 bits per heavy atom. The van der Waals surface area contributed by atoms with Gasteiger partial charge in [0.25, 0.3) is 6.71 Å². The molecular formula is C36H21BN2O2. The first-order valence-corrected chi connectivity index (χ1v) is 14.0. The minimum absolute atomic E-state index is 0.0780. The highest BCUT2D eigenvalue weighted by Crippen LogP contribution is 2.45. The number of nitrogens with zero attached hydrogens (tertiary/aromatic N) is 2. The fourth-order valence-electron chi connectivity index (χ4n) is 7.23.